The Bertz CT molecular complexity index is 840. The summed E-state index contributed by atoms with van der Waals surface area (Å²) in [5.41, 5.74) is 2.00. The fourth-order valence-electron chi connectivity index (χ4n) is 3.42. The minimum Gasteiger partial charge on any atom is -0.446 e. The van der Waals surface area contributed by atoms with Crippen LogP contribution in [0.25, 0.3) is 0 Å². The normalized spacial score (nSPS) is 15.9. The standard InChI is InChI=1S/C22H29N3O4/c1-4-15-7-5-6-8-17(15)23-21(27)18-13-29-22(24-18)19(14(2)3)25-20(26)16-9-11-28-12-10-16/h5-8,13-14,16,19H,4,9-12H2,1-3H3,(H,23,27)(H,25,26)/t19-/m1/s1. The van der Waals surface area contributed by atoms with Gasteiger partial charge < -0.3 is 19.8 Å². The van der Waals surface area contributed by atoms with Crippen LogP contribution in [0, 0.1) is 11.8 Å². The van der Waals surface area contributed by atoms with Crippen molar-refractivity contribution in [2.75, 3.05) is 18.5 Å². The van der Waals surface area contributed by atoms with Gasteiger partial charge in [-0.15, -0.1) is 0 Å². The van der Waals surface area contributed by atoms with Crippen LogP contribution in [-0.4, -0.2) is 30.0 Å². The van der Waals surface area contributed by atoms with Crippen LogP contribution in [0.15, 0.2) is 34.9 Å². The fourth-order valence-corrected chi connectivity index (χ4v) is 3.42. The molecule has 0 unspecified atom stereocenters. The van der Waals surface area contributed by atoms with Crippen molar-refractivity contribution in [3.05, 3.63) is 47.7 Å². The van der Waals surface area contributed by atoms with Crippen LogP contribution in [0.5, 0.6) is 0 Å². The van der Waals surface area contributed by atoms with E-state index < -0.39 is 6.04 Å². The van der Waals surface area contributed by atoms with Crippen molar-refractivity contribution in [3.63, 3.8) is 0 Å². The van der Waals surface area contributed by atoms with Crippen LogP contribution in [-0.2, 0) is 16.0 Å². The highest BCUT2D eigenvalue weighted by molar-refractivity contribution is 6.03. The van der Waals surface area contributed by atoms with Crippen LogP contribution < -0.4 is 10.6 Å². The lowest BCUT2D eigenvalue weighted by Gasteiger charge is -2.25. The van der Waals surface area contributed by atoms with Gasteiger partial charge in [0, 0.05) is 24.8 Å². The summed E-state index contributed by atoms with van der Waals surface area (Å²) in [6, 6.07) is 7.27. The summed E-state index contributed by atoms with van der Waals surface area (Å²) >= 11 is 0. The number of para-hydroxylation sites is 1. The van der Waals surface area contributed by atoms with Crippen molar-refractivity contribution in [3.8, 4) is 0 Å². The number of hydrogen-bond donors (Lipinski definition) is 2. The predicted octanol–water partition coefficient (Wildman–Crippen LogP) is 3.73. The maximum Gasteiger partial charge on any atom is 0.277 e. The molecular formula is C22H29N3O4. The Kier molecular flexibility index (Phi) is 7.04. The van der Waals surface area contributed by atoms with E-state index in [0.29, 0.717) is 31.9 Å². The molecule has 0 radical (unpaired) electrons. The molecule has 1 saturated heterocycles. The summed E-state index contributed by atoms with van der Waals surface area (Å²) in [4.78, 5) is 29.6. The Labute approximate surface area is 171 Å². The molecule has 3 rings (SSSR count). The Morgan fingerprint density at radius 3 is 2.62 bits per heavy atom. The van der Waals surface area contributed by atoms with Gasteiger partial charge in [-0.1, -0.05) is 39.0 Å². The molecule has 1 aromatic heterocycles. The predicted molar refractivity (Wildman–Crippen MR) is 110 cm³/mol. The summed E-state index contributed by atoms with van der Waals surface area (Å²) in [7, 11) is 0. The maximum absolute atomic E-state index is 12.6. The Balaban J connectivity index is 1.70. The first-order valence-electron chi connectivity index (χ1n) is 10.2. The fraction of sp³-hybridized carbons (Fsp3) is 0.500. The third-order valence-corrected chi connectivity index (χ3v) is 5.22. The number of nitrogens with zero attached hydrogens (tertiary/aromatic N) is 1. The van der Waals surface area contributed by atoms with Gasteiger partial charge in [-0.3, -0.25) is 9.59 Å². The van der Waals surface area contributed by atoms with Crippen molar-refractivity contribution in [2.24, 2.45) is 11.8 Å². The molecule has 156 valence electrons. The zero-order chi connectivity index (χ0) is 20.8. The summed E-state index contributed by atoms with van der Waals surface area (Å²) in [6.07, 6.45) is 3.59. The maximum atomic E-state index is 12.6. The highest BCUT2D eigenvalue weighted by Crippen LogP contribution is 2.24. The van der Waals surface area contributed by atoms with Gasteiger partial charge in [-0.2, -0.15) is 0 Å². The van der Waals surface area contributed by atoms with Gasteiger partial charge in [-0.25, -0.2) is 4.98 Å². The second-order valence-electron chi connectivity index (χ2n) is 7.65. The van der Waals surface area contributed by atoms with E-state index in [1.807, 2.05) is 45.0 Å². The average Bonchev–Trinajstić information content (AvgIpc) is 3.22. The first-order chi connectivity index (χ1) is 14.0. The van der Waals surface area contributed by atoms with Crippen LogP contribution in [0.3, 0.4) is 0 Å². The second kappa shape index (κ2) is 9.69. The van der Waals surface area contributed by atoms with E-state index in [1.54, 1.807) is 0 Å². The number of rotatable bonds is 7. The lowest BCUT2D eigenvalue weighted by atomic mass is 9.97. The van der Waals surface area contributed by atoms with Crippen LogP contribution >= 0.6 is 0 Å². The smallest absolute Gasteiger partial charge is 0.277 e. The molecule has 1 aromatic carbocycles. The number of hydrogen-bond acceptors (Lipinski definition) is 5. The van der Waals surface area contributed by atoms with E-state index in [4.69, 9.17) is 9.15 Å². The van der Waals surface area contributed by atoms with Gasteiger partial charge in [0.2, 0.25) is 11.8 Å². The molecule has 2 heterocycles. The van der Waals surface area contributed by atoms with Gasteiger partial charge in [0.15, 0.2) is 5.69 Å². The third-order valence-electron chi connectivity index (χ3n) is 5.22. The summed E-state index contributed by atoms with van der Waals surface area (Å²) < 4.78 is 10.9. The van der Waals surface area contributed by atoms with E-state index >= 15 is 0 Å². The molecule has 29 heavy (non-hydrogen) atoms. The molecule has 0 saturated carbocycles. The van der Waals surface area contributed by atoms with Gasteiger partial charge in [0.25, 0.3) is 5.91 Å². The summed E-state index contributed by atoms with van der Waals surface area (Å²) in [5, 5.41) is 5.93. The number of aromatic nitrogens is 1. The first-order valence-corrected chi connectivity index (χ1v) is 10.2. The molecular weight excluding hydrogens is 370 g/mol. The number of amides is 2. The second-order valence-corrected chi connectivity index (χ2v) is 7.65. The van der Waals surface area contributed by atoms with Crippen molar-refractivity contribution in [2.45, 2.75) is 46.1 Å². The molecule has 2 N–H and O–H groups in total. The summed E-state index contributed by atoms with van der Waals surface area (Å²) in [6.45, 7) is 7.21. The SMILES string of the molecule is CCc1ccccc1NC(=O)c1coc([C@H](NC(=O)C2CCOCC2)C(C)C)n1. The van der Waals surface area contributed by atoms with E-state index in [-0.39, 0.29) is 29.3 Å². The number of benzene rings is 1. The Morgan fingerprint density at radius 2 is 1.93 bits per heavy atom. The quantitative estimate of drug-likeness (QED) is 0.740. The number of aryl methyl sites for hydroxylation is 1. The number of carbonyl (C=O) groups is 2. The van der Waals surface area contributed by atoms with Crippen molar-refractivity contribution in [1.29, 1.82) is 0 Å². The first kappa shape index (κ1) is 21.0. The number of nitrogens with one attached hydrogen (secondary N) is 2. The monoisotopic (exact) mass is 399 g/mol. The number of oxazole rings is 1. The molecule has 7 nitrogen and oxygen atoms in total. The number of anilines is 1. The third kappa shape index (κ3) is 5.23. The average molecular weight is 399 g/mol. The van der Waals surface area contributed by atoms with Crippen molar-refractivity contribution in [1.82, 2.24) is 10.3 Å². The topological polar surface area (TPSA) is 93.5 Å². The molecule has 1 fully saturated rings. The zero-order valence-electron chi connectivity index (χ0n) is 17.2. The Morgan fingerprint density at radius 1 is 1.21 bits per heavy atom. The van der Waals surface area contributed by atoms with E-state index in [0.717, 1.165) is 17.7 Å². The van der Waals surface area contributed by atoms with Crippen molar-refractivity contribution < 1.29 is 18.7 Å². The molecule has 0 aliphatic carbocycles. The molecule has 7 heteroatoms. The van der Waals surface area contributed by atoms with Crippen LogP contribution in [0.4, 0.5) is 5.69 Å². The van der Waals surface area contributed by atoms with Gasteiger partial charge in [-0.05, 0) is 36.8 Å². The molecule has 2 aromatic rings. The Hall–Kier alpha value is -2.67. The van der Waals surface area contributed by atoms with Gasteiger partial charge in [0.05, 0.1) is 0 Å². The number of ether oxygens (including phenoxy) is 1. The molecule has 0 bridgehead atoms. The highest BCUT2D eigenvalue weighted by atomic mass is 16.5. The van der Waals surface area contributed by atoms with E-state index in [9.17, 15) is 9.59 Å². The van der Waals surface area contributed by atoms with E-state index in [1.165, 1.54) is 6.26 Å². The minimum absolute atomic E-state index is 0.0203. The van der Waals surface area contributed by atoms with Crippen molar-refractivity contribution >= 4 is 17.5 Å². The largest absolute Gasteiger partial charge is 0.446 e. The zero-order valence-corrected chi connectivity index (χ0v) is 17.2. The highest BCUT2D eigenvalue weighted by Gasteiger charge is 2.29. The van der Waals surface area contributed by atoms with Crippen LogP contribution in [0.1, 0.15) is 61.6 Å². The number of carbonyl (C=O) groups excluding carboxylic acids is 2. The molecule has 1 atom stereocenters. The molecule has 2 amide bonds. The van der Waals surface area contributed by atoms with Gasteiger partial charge in [0.1, 0.15) is 12.3 Å². The lowest BCUT2D eigenvalue weighted by molar-refractivity contribution is -0.129. The van der Waals surface area contributed by atoms with E-state index in [2.05, 4.69) is 15.6 Å². The molecule has 1 aliphatic rings. The lowest BCUT2D eigenvalue weighted by Crippen LogP contribution is -2.38. The molecule has 1 aliphatic heterocycles. The van der Waals surface area contributed by atoms with Crippen LogP contribution in [0.2, 0.25) is 0 Å². The summed E-state index contributed by atoms with van der Waals surface area (Å²) in [5.74, 6) is -0.0102. The minimum atomic E-state index is -0.394. The van der Waals surface area contributed by atoms with Gasteiger partial charge >= 0.3 is 0 Å². The molecule has 0 spiro atoms.